The predicted octanol–water partition coefficient (Wildman–Crippen LogP) is 3.82. The zero-order valence-corrected chi connectivity index (χ0v) is 16.9. The number of nitrogens with zero attached hydrogens (tertiary/aromatic N) is 2. The third-order valence-electron chi connectivity index (χ3n) is 3.75. The number of aromatic nitrogens is 3. The summed E-state index contributed by atoms with van der Waals surface area (Å²) in [6.07, 6.45) is 0. The number of pyridine rings is 1. The molecule has 2 N–H and O–H groups in total. The highest BCUT2D eigenvalue weighted by Crippen LogP contribution is 2.22. The maximum absolute atomic E-state index is 12.4. The van der Waals surface area contributed by atoms with Gasteiger partial charge in [-0.2, -0.15) is 0 Å². The van der Waals surface area contributed by atoms with Gasteiger partial charge in [-0.3, -0.25) is 9.59 Å². The molecule has 0 spiro atoms. The average molecular weight is 433 g/mol. The van der Waals surface area contributed by atoms with Crippen LogP contribution in [-0.2, 0) is 4.79 Å². The topological polar surface area (TPSA) is 87.7 Å². The lowest BCUT2D eigenvalue weighted by Crippen LogP contribution is -2.23. The van der Waals surface area contributed by atoms with E-state index in [0.717, 1.165) is 15.7 Å². The van der Waals surface area contributed by atoms with E-state index in [1.54, 1.807) is 6.92 Å². The van der Waals surface area contributed by atoms with E-state index in [4.69, 9.17) is 0 Å². The number of carbonyl (C=O) groups is 1. The van der Waals surface area contributed by atoms with Gasteiger partial charge in [0.25, 0.3) is 5.56 Å². The van der Waals surface area contributed by atoms with Crippen molar-refractivity contribution in [1.29, 1.82) is 0 Å². The molecule has 1 atom stereocenters. The van der Waals surface area contributed by atoms with Crippen LogP contribution < -0.4 is 10.9 Å². The molecule has 0 aliphatic rings. The molecular weight excluding hydrogens is 416 g/mol. The number of rotatable bonds is 4. The number of H-pyrrole nitrogens is 1. The summed E-state index contributed by atoms with van der Waals surface area (Å²) < 4.78 is 0.939. The highest BCUT2D eigenvalue weighted by molar-refractivity contribution is 9.10. The zero-order valence-electron chi connectivity index (χ0n) is 14.5. The molecule has 0 fully saturated rings. The minimum atomic E-state index is -0.440. The number of amides is 1. The van der Waals surface area contributed by atoms with E-state index in [9.17, 15) is 9.59 Å². The van der Waals surface area contributed by atoms with Crippen LogP contribution in [0.2, 0.25) is 0 Å². The third-order valence-corrected chi connectivity index (χ3v) is 5.26. The van der Waals surface area contributed by atoms with Gasteiger partial charge in [0.1, 0.15) is 0 Å². The largest absolute Gasteiger partial charge is 0.325 e. The summed E-state index contributed by atoms with van der Waals surface area (Å²) in [6, 6.07) is 9.18. The van der Waals surface area contributed by atoms with Crippen molar-refractivity contribution < 1.29 is 4.79 Å². The van der Waals surface area contributed by atoms with Gasteiger partial charge in [-0.1, -0.05) is 27.7 Å². The minimum absolute atomic E-state index is 0.173. The van der Waals surface area contributed by atoms with Crippen LogP contribution in [-0.4, -0.2) is 26.1 Å². The molecule has 0 bridgehead atoms. The predicted molar refractivity (Wildman–Crippen MR) is 108 cm³/mol. The van der Waals surface area contributed by atoms with Crippen LogP contribution in [0.4, 0.5) is 5.69 Å². The first kappa shape index (κ1) is 18.6. The van der Waals surface area contributed by atoms with Crippen LogP contribution in [0, 0.1) is 13.8 Å². The lowest BCUT2D eigenvalue weighted by atomic mass is 10.2. The van der Waals surface area contributed by atoms with E-state index in [1.165, 1.54) is 11.8 Å². The standard InChI is InChI=1S/C18H17BrN4O2S/c1-9-8-10(2)20-15-14(9)17(25)23-18(22-15)26-11(3)16(24)21-13-6-4-12(19)5-7-13/h4-8,11H,1-3H3,(H,21,24)(H,20,22,23,25)/t11-/m0/s1. The quantitative estimate of drug-likeness (QED) is 0.483. The molecule has 134 valence electrons. The number of nitrogens with one attached hydrogen (secondary N) is 2. The molecule has 0 radical (unpaired) electrons. The lowest BCUT2D eigenvalue weighted by Gasteiger charge is -2.12. The summed E-state index contributed by atoms with van der Waals surface area (Å²) in [5.41, 5.74) is 2.49. The van der Waals surface area contributed by atoms with Gasteiger partial charge < -0.3 is 10.3 Å². The number of hydrogen-bond acceptors (Lipinski definition) is 5. The maximum Gasteiger partial charge on any atom is 0.261 e. The Morgan fingerprint density at radius 3 is 2.62 bits per heavy atom. The van der Waals surface area contributed by atoms with Crippen LogP contribution in [0.25, 0.3) is 11.0 Å². The second-order valence-corrected chi connectivity index (χ2v) is 8.15. The Morgan fingerprint density at radius 2 is 1.92 bits per heavy atom. The SMILES string of the molecule is Cc1cc(C)c2c(=O)[nH]c(S[C@@H](C)C(=O)Nc3ccc(Br)cc3)nc2n1. The molecule has 8 heteroatoms. The van der Waals surface area contributed by atoms with Crippen LogP contribution in [0.3, 0.4) is 0 Å². The van der Waals surface area contributed by atoms with Crippen molar-refractivity contribution in [1.82, 2.24) is 15.0 Å². The minimum Gasteiger partial charge on any atom is -0.325 e. The van der Waals surface area contributed by atoms with Gasteiger partial charge in [-0.25, -0.2) is 9.97 Å². The normalized spacial score (nSPS) is 12.2. The highest BCUT2D eigenvalue weighted by atomic mass is 79.9. The second-order valence-electron chi connectivity index (χ2n) is 5.91. The van der Waals surface area contributed by atoms with Gasteiger partial charge in [-0.15, -0.1) is 0 Å². The number of aromatic amines is 1. The zero-order chi connectivity index (χ0) is 18.8. The smallest absolute Gasteiger partial charge is 0.261 e. The summed E-state index contributed by atoms with van der Waals surface area (Å²) in [4.78, 5) is 36.2. The number of benzene rings is 1. The van der Waals surface area contributed by atoms with Crippen LogP contribution in [0.1, 0.15) is 18.2 Å². The number of fused-ring (bicyclic) bond motifs is 1. The van der Waals surface area contributed by atoms with Gasteiger partial charge in [0, 0.05) is 15.9 Å². The number of hydrogen-bond donors (Lipinski definition) is 2. The summed E-state index contributed by atoms with van der Waals surface area (Å²) in [7, 11) is 0. The van der Waals surface area contributed by atoms with Crippen molar-refractivity contribution in [3.63, 3.8) is 0 Å². The number of anilines is 1. The molecule has 2 aromatic heterocycles. The van der Waals surface area contributed by atoms with E-state index in [1.807, 2.05) is 44.2 Å². The highest BCUT2D eigenvalue weighted by Gasteiger charge is 2.17. The molecule has 6 nitrogen and oxygen atoms in total. The molecule has 1 aromatic carbocycles. The molecule has 2 heterocycles. The fourth-order valence-corrected chi connectivity index (χ4v) is 3.57. The number of aryl methyl sites for hydroxylation is 2. The molecular formula is C18H17BrN4O2S. The van der Waals surface area contributed by atoms with Crippen molar-refractivity contribution in [2.45, 2.75) is 31.2 Å². The molecule has 0 aliphatic heterocycles. The Balaban J connectivity index is 1.80. The second kappa shape index (κ2) is 7.59. The van der Waals surface area contributed by atoms with Crippen LogP contribution >= 0.6 is 27.7 Å². The third kappa shape index (κ3) is 4.13. The van der Waals surface area contributed by atoms with Crippen molar-refractivity contribution in [2.24, 2.45) is 0 Å². The number of carbonyl (C=O) groups excluding carboxylic acids is 1. The van der Waals surface area contributed by atoms with Crippen molar-refractivity contribution in [3.8, 4) is 0 Å². The van der Waals surface area contributed by atoms with E-state index in [2.05, 4.69) is 36.2 Å². The Bertz CT molecular complexity index is 1030. The van der Waals surface area contributed by atoms with Gasteiger partial charge in [0.05, 0.1) is 10.6 Å². The molecule has 0 unspecified atom stereocenters. The molecule has 0 aliphatic carbocycles. The maximum atomic E-state index is 12.4. The fourth-order valence-electron chi connectivity index (χ4n) is 2.52. The van der Waals surface area contributed by atoms with Crippen molar-refractivity contribution >= 4 is 50.3 Å². The van der Waals surface area contributed by atoms with E-state index < -0.39 is 5.25 Å². The monoisotopic (exact) mass is 432 g/mol. The first-order valence-electron chi connectivity index (χ1n) is 7.95. The van der Waals surface area contributed by atoms with Crippen LogP contribution in [0.5, 0.6) is 0 Å². The first-order valence-corrected chi connectivity index (χ1v) is 9.62. The van der Waals surface area contributed by atoms with E-state index >= 15 is 0 Å². The van der Waals surface area contributed by atoms with Gasteiger partial charge >= 0.3 is 0 Å². The van der Waals surface area contributed by atoms with Gasteiger partial charge in [0.2, 0.25) is 5.91 Å². The Morgan fingerprint density at radius 1 is 1.23 bits per heavy atom. The molecule has 26 heavy (non-hydrogen) atoms. The number of halogens is 1. The summed E-state index contributed by atoms with van der Waals surface area (Å²) in [5, 5.41) is 3.26. The molecule has 0 saturated heterocycles. The molecule has 1 amide bonds. The van der Waals surface area contributed by atoms with Gasteiger partial charge in [0.15, 0.2) is 10.8 Å². The molecule has 3 aromatic rings. The first-order chi connectivity index (χ1) is 12.3. The van der Waals surface area contributed by atoms with Crippen molar-refractivity contribution in [3.05, 3.63) is 56.4 Å². The van der Waals surface area contributed by atoms with E-state index in [-0.39, 0.29) is 11.5 Å². The Hall–Kier alpha value is -2.19. The lowest BCUT2D eigenvalue weighted by molar-refractivity contribution is -0.115. The molecule has 0 saturated carbocycles. The van der Waals surface area contributed by atoms with Crippen LogP contribution in [0.15, 0.2) is 44.8 Å². The Kier molecular flexibility index (Phi) is 5.43. The fraction of sp³-hybridized carbons (Fsp3) is 0.222. The summed E-state index contributed by atoms with van der Waals surface area (Å²) in [5.74, 6) is -0.173. The number of thioether (sulfide) groups is 1. The average Bonchev–Trinajstić information content (AvgIpc) is 2.55. The molecule has 3 rings (SSSR count). The van der Waals surface area contributed by atoms with E-state index in [0.29, 0.717) is 21.9 Å². The Labute approximate surface area is 163 Å². The van der Waals surface area contributed by atoms with Gasteiger partial charge in [-0.05, 0) is 56.7 Å². The summed E-state index contributed by atoms with van der Waals surface area (Å²) in [6.45, 7) is 5.48. The van der Waals surface area contributed by atoms with Crippen molar-refractivity contribution in [2.75, 3.05) is 5.32 Å². The summed E-state index contributed by atoms with van der Waals surface area (Å²) >= 11 is 4.54.